The van der Waals surface area contributed by atoms with Crippen LogP contribution in [0.5, 0.6) is 5.75 Å². The standard InChI is InChI=1S/C30H38BrN3O3/c1-5-6-17-33(21-26-10-9-18-32(26)20-24-13-15-25(31)16-14-24)29(35)22-34(19-23(2)3)30(36)27-11-7-8-12-28(27)37-4/h7-16,18,23H,5-6,17,19-22H2,1-4H3. The second-order valence-corrected chi connectivity index (χ2v) is 10.6. The maximum absolute atomic E-state index is 13.7. The number of benzene rings is 2. The number of para-hydroxylation sites is 1. The Morgan fingerprint density at radius 2 is 1.73 bits per heavy atom. The van der Waals surface area contributed by atoms with Gasteiger partial charge in [0.1, 0.15) is 12.3 Å². The Kier molecular flexibility index (Phi) is 10.8. The van der Waals surface area contributed by atoms with Crippen LogP contribution >= 0.6 is 15.9 Å². The number of methoxy groups -OCH3 is 1. The lowest BCUT2D eigenvalue weighted by atomic mass is 10.1. The molecule has 6 nitrogen and oxygen atoms in total. The highest BCUT2D eigenvalue weighted by molar-refractivity contribution is 9.10. The van der Waals surface area contributed by atoms with E-state index in [1.807, 2.05) is 35.2 Å². The van der Waals surface area contributed by atoms with E-state index in [4.69, 9.17) is 4.74 Å². The van der Waals surface area contributed by atoms with Gasteiger partial charge in [-0.3, -0.25) is 9.59 Å². The van der Waals surface area contributed by atoms with E-state index in [-0.39, 0.29) is 24.3 Å². The van der Waals surface area contributed by atoms with Gasteiger partial charge in [0.25, 0.3) is 5.91 Å². The van der Waals surface area contributed by atoms with Crippen molar-refractivity contribution in [3.8, 4) is 5.75 Å². The summed E-state index contributed by atoms with van der Waals surface area (Å²) < 4.78 is 8.65. The fourth-order valence-electron chi connectivity index (χ4n) is 4.29. The Balaban J connectivity index is 1.79. The molecule has 0 aliphatic carbocycles. The summed E-state index contributed by atoms with van der Waals surface area (Å²) in [6, 6.07) is 19.5. The van der Waals surface area contributed by atoms with Gasteiger partial charge in [0, 0.05) is 36.0 Å². The zero-order chi connectivity index (χ0) is 26.8. The molecule has 0 bridgehead atoms. The molecular weight excluding hydrogens is 530 g/mol. The Morgan fingerprint density at radius 3 is 2.41 bits per heavy atom. The van der Waals surface area contributed by atoms with Gasteiger partial charge >= 0.3 is 0 Å². The Hall–Kier alpha value is -3.06. The lowest BCUT2D eigenvalue weighted by Gasteiger charge is -2.29. The predicted octanol–water partition coefficient (Wildman–Crippen LogP) is 6.23. The van der Waals surface area contributed by atoms with Crippen LogP contribution in [-0.4, -0.2) is 52.9 Å². The van der Waals surface area contributed by atoms with Gasteiger partial charge in [-0.15, -0.1) is 0 Å². The van der Waals surface area contributed by atoms with Crippen LogP contribution < -0.4 is 4.74 Å². The molecule has 3 aromatic rings. The molecule has 0 saturated heterocycles. The average Bonchev–Trinajstić information content (AvgIpc) is 3.32. The third kappa shape index (κ3) is 8.22. The molecule has 0 aliphatic rings. The average molecular weight is 569 g/mol. The van der Waals surface area contributed by atoms with Crippen molar-refractivity contribution in [3.05, 3.63) is 88.2 Å². The number of ether oxygens (including phenoxy) is 1. The van der Waals surface area contributed by atoms with Crippen molar-refractivity contribution in [1.82, 2.24) is 14.4 Å². The van der Waals surface area contributed by atoms with Gasteiger partial charge in [-0.25, -0.2) is 0 Å². The van der Waals surface area contributed by atoms with Gasteiger partial charge in [-0.2, -0.15) is 0 Å². The molecule has 1 aromatic heterocycles. The molecule has 0 fully saturated rings. The van der Waals surface area contributed by atoms with Crippen molar-refractivity contribution in [2.24, 2.45) is 5.92 Å². The lowest BCUT2D eigenvalue weighted by Crippen LogP contribution is -2.44. The molecule has 0 saturated carbocycles. The zero-order valence-corrected chi connectivity index (χ0v) is 23.9. The van der Waals surface area contributed by atoms with Gasteiger partial charge in [0.15, 0.2) is 0 Å². The number of halogens is 1. The first kappa shape index (κ1) is 28.5. The highest BCUT2D eigenvalue weighted by Crippen LogP contribution is 2.21. The quantitative estimate of drug-likeness (QED) is 0.246. The third-order valence-electron chi connectivity index (χ3n) is 6.21. The maximum atomic E-state index is 13.7. The molecule has 0 atom stereocenters. The largest absolute Gasteiger partial charge is 0.496 e. The van der Waals surface area contributed by atoms with Crippen molar-refractivity contribution < 1.29 is 14.3 Å². The number of carbonyl (C=O) groups is 2. The number of unbranched alkanes of at least 4 members (excludes halogenated alkanes) is 1. The third-order valence-corrected chi connectivity index (χ3v) is 6.74. The number of nitrogens with zero attached hydrogens (tertiary/aromatic N) is 3. The minimum Gasteiger partial charge on any atom is -0.496 e. The predicted molar refractivity (Wildman–Crippen MR) is 152 cm³/mol. The van der Waals surface area contributed by atoms with Crippen LogP contribution in [-0.2, 0) is 17.9 Å². The van der Waals surface area contributed by atoms with Crippen molar-refractivity contribution in [1.29, 1.82) is 0 Å². The molecule has 2 aromatic carbocycles. The van der Waals surface area contributed by atoms with E-state index in [9.17, 15) is 9.59 Å². The summed E-state index contributed by atoms with van der Waals surface area (Å²) in [4.78, 5) is 30.7. The Labute approximate surface area is 229 Å². The van der Waals surface area contributed by atoms with Crippen LogP contribution in [0.3, 0.4) is 0 Å². The normalized spacial score (nSPS) is 11.0. The highest BCUT2D eigenvalue weighted by Gasteiger charge is 2.25. The molecule has 198 valence electrons. The second kappa shape index (κ2) is 14.0. The SMILES string of the molecule is CCCCN(Cc1cccn1Cc1ccc(Br)cc1)C(=O)CN(CC(C)C)C(=O)c1ccccc1OC. The first-order valence-electron chi connectivity index (χ1n) is 12.9. The van der Waals surface area contributed by atoms with E-state index >= 15 is 0 Å². The maximum Gasteiger partial charge on any atom is 0.258 e. The van der Waals surface area contributed by atoms with Gasteiger partial charge in [-0.1, -0.05) is 67.4 Å². The minimum absolute atomic E-state index is 0.0339. The molecule has 3 rings (SSSR count). The van der Waals surface area contributed by atoms with E-state index in [0.29, 0.717) is 30.9 Å². The zero-order valence-electron chi connectivity index (χ0n) is 22.3. The minimum atomic E-state index is -0.187. The smallest absolute Gasteiger partial charge is 0.258 e. The number of hydrogen-bond acceptors (Lipinski definition) is 3. The van der Waals surface area contributed by atoms with Gasteiger partial charge in [0.2, 0.25) is 5.91 Å². The summed E-state index contributed by atoms with van der Waals surface area (Å²) in [5.41, 5.74) is 2.73. The van der Waals surface area contributed by atoms with Gasteiger partial charge in [0.05, 0.1) is 19.2 Å². The number of rotatable bonds is 13. The summed E-state index contributed by atoms with van der Waals surface area (Å²) in [5.74, 6) is 0.503. The molecule has 0 aliphatic heterocycles. The van der Waals surface area contributed by atoms with Crippen molar-refractivity contribution in [2.45, 2.75) is 46.7 Å². The highest BCUT2D eigenvalue weighted by atomic mass is 79.9. The Morgan fingerprint density at radius 1 is 1.00 bits per heavy atom. The van der Waals surface area contributed by atoms with Crippen LogP contribution in [0.4, 0.5) is 0 Å². The molecule has 0 N–H and O–H groups in total. The van der Waals surface area contributed by atoms with Crippen LogP contribution in [0.1, 0.15) is 55.2 Å². The van der Waals surface area contributed by atoms with Crippen LogP contribution in [0, 0.1) is 5.92 Å². The summed E-state index contributed by atoms with van der Waals surface area (Å²) in [5, 5.41) is 0. The van der Waals surface area contributed by atoms with E-state index in [1.54, 1.807) is 24.1 Å². The fraction of sp³-hybridized carbons (Fsp3) is 0.400. The number of aromatic nitrogens is 1. The van der Waals surface area contributed by atoms with Crippen LogP contribution in [0.25, 0.3) is 0 Å². The molecular formula is C30H38BrN3O3. The number of hydrogen-bond donors (Lipinski definition) is 0. The van der Waals surface area contributed by atoms with E-state index in [2.05, 4.69) is 65.7 Å². The summed E-state index contributed by atoms with van der Waals surface area (Å²) in [6.45, 7) is 8.63. The van der Waals surface area contributed by atoms with Crippen molar-refractivity contribution in [2.75, 3.05) is 26.7 Å². The summed E-state index contributed by atoms with van der Waals surface area (Å²) in [6.07, 6.45) is 3.94. The van der Waals surface area contributed by atoms with Gasteiger partial charge < -0.3 is 19.1 Å². The molecule has 2 amide bonds. The van der Waals surface area contributed by atoms with Crippen molar-refractivity contribution >= 4 is 27.7 Å². The molecule has 7 heteroatoms. The summed E-state index contributed by atoms with van der Waals surface area (Å²) >= 11 is 3.49. The molecule has 0 radical (unpaired) electrons. The molecule has 1 heterocycles. The topological polar surface area (TPSA) is 54.8 Å². The monoisotopic (exact) mass is 567 g/mol. The van der Waals surface area contributed by atoms with Crippen molar-refractivity contribution in [3.63, 3.8) is 0 Å². The number of carbonyl (C=O) groups excluding carboxylic acids is 2. The van der Waals surface area contributed by atoms with E-state index in [1.165, 1.54) is 5.56 Å². The van der Waals surface area contributed by atoms with E-state index < -0.39 is 0 Å². The molecule has 0 spiro atoms. The van der Waals surface area contributed by atoms with E-state index in [0.717, 1.165) is 29.6 Å². The Bertz CT molecular complexity index is 1160. The van der Waals surface area contributed by atoms with Crippen LogP contribution in [0.15, 0.2) is 71.3 Å². The second-order valence-electron chi connectivity index (χ2n) is 9.70. The first-order valence-corrected chi connectivity index (χ1v) is 13.7. The van der Waals surface area contributed by atoms with Crippen LogP contribution in [0.2, 0.25) is 0 Å². The van der Waals surface area contributed by atoms with Gasteiger partial charge in [-0.05, 0) is 54.3 Å². The number of amides is 2. The molecule has 37 heavy (non-hydrogen) atoms. The fourth-order valence-corrected chi connectivity index (χ4v) is 4.55. The summed E-state index contributed by atoms with van der Waals surface area (Å²) in [7, 11) is 1.56. The lowest BCUT2D eigenvalue weighted by molar-refractivity contribution is -0.132. The molecule has 0 unspecified atom stereocenters. The first-order chi connectivity index (χ1) is 17.8.